The summed E-state index contributed by atoms with van der Waals surface area (Å²) in [6.07, 6.45) is 5.79. The summed E-state index contributed by atoms with van der Waals surface area (Å²) in [6, 6.07) is 12.3. The van der Waals surface area contributed by atoms with E-state index in [1.165, 1.54) is 31.2 Å². The average Bonchev–Trinajstić information content (AvgIpc) is 3.16. The van der Waals surface area contributed by atoms with E-state index in [9.17, 15) is 0 Å². The fourth-order valence-electron chi connectivity index (χ4n) is 3.68. The quantitative estimate of drug-likeness (QED) is 0.837. The minimum Gasteiger partial charge on any atom is -0.307 e. The molecule has 4 atom stereocenters. The van der Waals surface area contributed by atoms with Crippen molar-refractivity contribution in [3.05, 3.63) is 35.9 Å². The van der Waals surface area contributed by atoms with Crippen molar-refractivity contribution in [3.8, 4) is 0 Å². The number of benzene rings is 1. The molecular weight excluding hydrogens is 218 g/mol. The Hall–Kier alpha value is -0.820. The average molecular weight is 243 g/mol. The molecule has 0 spiro atoms. The number of hydrogen-bond acceptors (Lipinski definition) is 1. The van der Waals surface area contributed by atoms with Crippen LogP contribution in [0.4, 0.5) is 0 Å². The molecule has 1 nitrogen and oxygen atoms in total. The number of fused-ring (bicyclic) bond motifs is 1. The van der Waals surface area contributed by atoms with Crippen molar-refractivity contribution in [2.24, 2.45) is 17.8 Å². The number of hydrogen-bond donors (Lipinski definition) is 1. The van der Waals surface area contributed by atoms with E-state index in [0.29, 0.717) is 12.0 Å². The Morgan fingerprint density at radius 3 is 2.61 bits per heavy atom. The molecule has 0 saturated heterocycles. The Morgan fingerprint density at radius 1 is 1.11 bits per heavy atom. The third kappa shape index (κ3) is 2.47. The van der Waals surface area contributed by atoms with Crippen LogP contribution >= 0.6 is 0 Å². The normalized spacial score (nSPS) is 32.1. The van der Waals surface area contributed by atoms with Crippen molar-refractivity contribution >= 4 is 0 Å². The van der Waals surface area contributed by atoms with E-state index in [1.54, 1.807) is 0 Å². The summed E-state index contributed by atoms with van der Waals surface area (Å²) in [7, 11) is 0. The smallest absolute Gasteiger partial charge is 0.0345 e. The third-order valence-corrected chi connectivity index (χ3v) is 4.80. The maximum absolute atomic E-state index is 3.96. The van der Waals surface area contributed by atoms with E-state index in [0.717, 1.165) is 17.9 Å². The van der Waals surface area contributed by atoms with Gasteiger partial charge >= 0.3 is 0 Å². The van der Waals surface area contributed by atoms with Gasteiger partial charge in [0.05, 0.1) is 0 Å². The second kappa shape index (κ2) is 5.05. The van der Waals surface area contributed by atoms with E-state index < -0.39 is 0 Å². The van der Waals surface area contributed by atoms with Gasteiger partial charge < -0.3 is 5.32 Å². The molecule has 1 N–H and O–H groups in total. The molecule has 0 amide bonds. The summed E-state index contributed by atoms with van der Waals surface area (Å²) in [5.74, 6) is 2.70. The first kappa shape index (κ1) is 12.2. The zero-order chi connectivity index (χ0) is 12.5. The number of nitrogens with one attached hydrogen (secondary N) is 1. The molecule has 2 fully saturated rings. The van der Waals surface area contributed by atoms with Crippen molar-refractivity contribution in [2.45, 2.75) is 51.6 Å². The minimum absolute atomic E-state index is 0.524. The molecule has 2 saturated carbocycles. The Morgan fingerprint density at radius 2 is 1.89 bits per heavy atom. The van der Waals surface area contributed by atoms with Crippen LogP contribution < -0.4 is 5.32 Å². The summed E-state index contributed by atoms with van der Waals surface area (Å²) in [5, 5.41) is 3.96. The maximum Gasteiger partial charge on any atom is 0.0345 e. The molecule has 1 heteroatoms. The fourth-order valence-corrected chi connectivity index (χ4v) is 3.68. The highest BCUT2D eigenvalue weighted by atomic mass is 15.0. The van der Waals surface area contributed by atoms with Crippen molar-refractivity contribution in [3.63, 3.8) is 0 Å². The highest BCUT2D eigenvalue weighted by Crippen LogP contribution is 2.50. The summed E-state index contributed by atoms with van der Waals surface area (Å²) >= 11 is 0. The van der Waals surface area contributed by atoms with Crippen molar-refractivity contribution in [1.29, 1.82) is 0 Å². The predicted molar refractivity (Wildman–Crippen MR) is 76.4 cm³/mol. The first-order valence-electron chi connectivity index (χ1n) is 7.56. The molecule has 98 valence electrons. The Bertz CT molecular complexity index is 384. The van der Waals surface area contributed by atoms with Crippen LogP contribution in [0.3, 0.4) is 0 Å². The van der Waals surface area contributed by atoms with Gasteiger partial charge in [-0.1, -0.05) is 57.0 Å². The van der Waals surface area contributed by atoms with Gasteiger partial charge in [-0.05, 0) is 36.2 Å². The Kier molecular flexibility index (Phi) is 3.43. The van der Waals surface area contributed by atoms with Crippen LogP contribution in [0, 0.1) is 17.8 Å². The lowest BCUT2D eigenvalue weighted by molar-refractivity contribution is 0.287. The summed E-state index contributed by atoms with van der Waals surface area (Å²) in [4.78, 5) is 0. The lowest BCUT2D eigenvalue weighted by Gasteiger charge is -2.31. The monoisotopic (exact) mass is 243 g/mol. The largest absolute Gasteiger partial charge is 0.307 e. The summed E-state index contributed by atoms with van der Waals surface area (Å²) in [5.41, 5.74) is 1.45. The lowest BCUT2D eigenvalue weighted by atomic mass is 9.90. The molecule has 0 heterocycles. The van der Waals surface area contributed by atoms with Crippen LogP contribution in [0.1, 0.15) is 51.1 Å². The van der Waals surface area contributed by atoms with Crippen molar-refractivity contribution in [1.82, 2.24) is 5.32 Å². The van der Waals surface area contributed by atoms with Crippen LogP contribution in [-0.2, 0) is 0 Å². The molecule has 0 radical (unpaired) electrons. The molecule has 3 rings (SSSR count). The topological polar surface area (TPSA) is 12.0 Å². The molecule has 2 aliphatic carbocycles. The molecule has 1 aromatic carbocycles. The molecule has 2 aliphatic rings. The van der Waals surface area contributed by atoms with Crippen molar-refractivity contribution < 1.29 is 0 Å². The van der Waals surface area contributed by atoms with Gasteiger partial charge in [0.25, 0.3) is 0 Å². The zero-order valence-electron chi connectivity index (χ0n) is 11.6. The van der Waals surface area contributed by atoms with Crippen LogP contribution in [0.15, 0.2) is 30.3 Å². The van der Waals surface area contributed by atoms with Crippen LogP contribution in [-0.4, -0.2) is 6.04 Å². The van der Waals surface area contributed by atoms with Crippen molar-refractivity contribution in [2.75, 3.05) is 0 Å². The second-order valence-corrected chi connectivity index (χ2v) is 6.50. The molecule has 2 unspecified atom stereocenters. The Balaban J connectivity index is 1.71. The van der Waals surface area contributed by atoms with E-state index in [1.807, 2.05) is 0 Å². The fraction of sp³-hybridized carbons (Fsp3) is 0.647. The van der Waals surface area contributed by atoms with Gasteiger partial charge in [0.1, 0.15) is 0 Å². The molecule has 18 heavy (non-hydrogen) atoms. The van der Waals surface area contributed by atoms with Crippen LogP contribution in [0.2, 0.25) is 0 Å². The highest BCUT2D eigenvalue weighted by molar-refractivity contribution is 5.20. The van der Waals surface area contributed by atoms with Gasteiger partial charge in [0, 0.05) is 12.1 Å². The molecule has 1 aromatic rings. The van der Waals surface area contributed by atoms with E-state index in [4.69, 9.17) is 0 Å². The van der Waals surface area contributed by atoms with Gasteiger partial charge in [-0.15, -0.1) is 0 Å². The van der Waals surface area contributed by atoms with E-state index in [2.05, 4.69) is 49.5 Å². The van der Waals surface area contributed by atoms with Gasteiger partial charge in [0.2, 0.25) is 0 Å². The molecule has 0 aliphatic heterocycles. The Labute approximate surface area is 111 Å². The second-order valence-electron chi connectivity index (χ2n) is 6.50. The first-order chi connectivity index (χ1) is 8.75. The van der Waals surface area contributed by atoms with Gasteiger partial charge in [-0.25, -0.2) is 0 Å². The minimum atomic E-state index is 0.524. The SMILES string of the molecule is CC(C)C(NC1CCC[C@H]2C[C@@H]12)c1ccccc1. The van der Waals surface area contributed by atoms with Gasteiger partial charge in [-0.3, -0.25) is 0 Å². The lowest BCUT2D eigenvalue weighted by Crippen LogP contribution is -2.38. The molecule has 0 bridgehead atoms. The molecular formula is C17H25N. The number of rotatable bonds is 4. The molecule has 0 aromatic heterocycles. The van der Waals surface area contributed by atoms with Gasteiger partial charge in [0.15, 0.2) is 0 Å². The van der Waals surface area contributed by atoms with E-state index in [-0.39, 0.29) is 0 Å². The summed E-state index contributed by atoms with van der Waals surface area (Å²) < 4.78 is 0. The third-order valence-electron chi connectivity index (χ3n) is 4.80. The first-order valence-corrected chi connectivity index (χ1v) is 7.56. The van der Waals surface area contributed by atoms with E-state index >= 15 is 0 Å². The summed E-state index contributed by atoms with van der Waals surface area (Å²) in [6.45, 7) is 4.66. The van der Waals surface area contributed by atoms with Gasteiger partial charge in [-0.2, -0.15) is 0 Å². The zero-order valence-corrected chi connectivity index (χ0v) is 11.6. The predicted octanol–water partition coefficient (Wildman–Crippen LogP) is 4.16. The highest BCUT2D eigenvalue weighted by Gasteiger charge is 2.45. The maximum atomic E-state index is 3.96. The van der Waals surface area contributed by atoms with Crippen LogP contribution in [0.25, 0.3) is 0 Å². The van der Waals surface area contributed by atoms with Crippen LogP contribution in [0.5, 0.6) is 0 Å². The standard InChI is InChI=1S/C17H25N/c1-12(2)17(13-7-4-3-5-8-13)18-16-10-6-9-14-11-15(14)16/h3-5,7-8,12,14-18H,6,9-11H2,1-2H3/t14-,15+,16?,17?/m0/s1.